The zero-order valence-corrected chi connectivity index (χ0v) is 14.3. The van der Waals surface area contributed by atoms with Crippen LogP contribution in [0.5, 0.6) is 0 Å². The molecule has 2 aromatic rings. The molecule has 0 amide bonds. The van der Waals surface area contributed by atoms with Crippen LogP contribution in [0.4, 0.5) is 4.39 Å². The Bertz CT molecular complexity index is 602. The summed E-state index contributed by atoms with van der Waals surface area (Å²) in [5, 5.41) is 1.06. The first-order valence-electron chi connectivity index (χ1n) is 5.51. The second-order valence-electron chi connectivity index (χ2n) is 4.06. The molecule has 1 unspecified atom stereocenters. The molecule has 100 valence electrons. The summed E-state index contributed by atoms with van der Waals surface area (Å²) in [5.74, 6) is -0.268. The van der Waals surface area contributed by atoms with Gasteiger partial charge in [0.1, 0.15) is 5.82 Å². The summed E-state index contributed by atoms with van der Waals surface area (Å²) in [6.45, 7) is 0. The maximum Gasteiger partial charge on any atom is 0.137 e. The maximum absolute atomic E-state index is 13.5. The van der Waals surface area contributed by atoms with Crippen LogP contribution >= 0.6 is 55.1 Å². The number of benzene rings is 2. The van der Waals surface area contributed by atoms with Crippen molar-refractivity contribution in [1.82, 2.24) is 0 Å². The minimum Gasteiger partial charge on any atom is -0.206 e. The summed E-state index contributed by atoms with van der Waals surface area (Å²) in [6, 6.07) is 10.5. The lowest BCUT2D eigenvalue weighted by molar-refractivity contribution is 0.617. The van der Waals surface area contributed by atoms with Crippen LogP contribution in [0.25, 0.3) is 0 Å². The average Bonchev–Trinajstić information content (AvgIpc) is 2.37. The number of hydrogen-bond acceptors (Lipinski definition) is 0. The van der Waals surface area contributed by atoms with Crippen molar-refractivity contribution in [3.8, 4) is 0 Å². The van der Waals surface area contributed by atoms with Gasteiger partial charge >= 0.3 is 0 Å². The topological polar surface area (TPSA) is 0 Å². The van der Waals surface area contributed by atoms with Crippen LogP contribution in [0.3, 0.4) is 0 Å². The van der Waals surface area contributed by atoms with E-state index in [1.54, 1.807) is 12.1 Å². The highest BCUT2D eigenvalue weighted by Crippen LogP contribution is 2.34. The molecule has 0 aromatic heterocycles. The van der Waals surface area contributed by atoms with E-state index in [2.05, 4.69) is 31.9 Å². The van der Waals surface area contributed by atoms with Crippen LogP contribution in [0.15, 0.2) is 40.9 Å². The largest absolute Gasteiger partial charge is 0.206 e. The lowest BCUT2D eigenvalue weighted by Crippen LogP contribution is -1.98. The highest BCUT2D eigenvalue weighted by Gasteiger charge is 2.14. The van der Waals surface area contributed by atoms with Gasteiger partial charge in [-0.05, 0) is 51.7 Å². The summed E-state index contributed by atoms with van der Waals surface area (Å²) in [6.07, 6.45) is 0.693. The van der Waals surface area contributed by atoms with E-state index in [9.17, 15) is 4.39 Å². The number of hydrogen-bond donors (Lipinski definition) is 0. The van der Waals surface area contributed by atoms with E-state index < -0.39 is 0 Å². The van der Waals surface area contributed by atoms with Gasteiger partial charge in [0, 0.05) is 4.83 Å². The Balaban J connectivity index is 2.23. The first-order valence-corrected chi connectivity index (χ1v) is 7.97. The zero-order valence-electron chi connectivity index (χ0n) is 9.64. The van der Waals surface area contributed by atoms with Crippen molar-refractivity contribution in [2.75, 3.05) is 0 Å². The molecule has 0 nitrogen and oxygen atoms in total. The van der Waals surface area contributed by atoms with Gasteiger partial charge in [-0.3, -0.25) is 0 Å². The van der Waals surface area contributed by atoms with Crippen molar-refractivity contribution < 1.29 is 4.39 Å². The summed E-state index contributed by atoms with van der Waals surface area (Å²) in [7, 11) is 0. The molecule has 0 spiro atoms. The molecule has 0 aliphatic carbocycles. The van der Waals surface area contributed by atoms with Crippen molar-refractivity contribution in [2.45, 2.75) is 11.2 Å². The fraction of sp³-hybridized carbons (Fsp3) is 0.143. The predicted molar refractivity (Wildman–Crippen MR) is 85.9 cm³/mol. The van der Waals surface area contributed by atoms with Crippen LogP contribution in [0.1, 0.15) is 16.0 Å². The molecule has 0 aliphatic rings. The summed E-state index contributed by atoms with van der Waals surface area (Å²) >= 11 is 18.7. The van der Waals surface area contributed by atoms with Crippen molar-refractivity contribution in [2.24, 2.45) is 0 Å². The fourth-order valence-corrected chi connectivity index (χ4v) is 3.67. The summed E-state index contributed by atoms with van der Waals surface area (Å²) in [5.41, 5.74) is 1.90. The van der Waals surface area contributed by atoms with Crippen LogP contribution in [-0.4, -0.2) is 0 Å². The third kappa shape index (κ3) is 3.72. The third-order valence-electron chi connectivity index (χ3n) is 2.72. The second-order valence-corrected chi connectivity index (χ2v) is 6.78. The van der Waals surface area contributed by atoms with Gasteiger partial charge in [0.2, 0.25) is 0 Å². The highest BCUT2D eigenvalue weighted by atomic mass is 79.9. The molecular formula is C14H9Br2Cl2F. The van der Waals surface area contributed by atoms with Crippen LogP contribution < -0.4 is 0 Å². The van der Waals surface area contributed by atoms with E-state index in [1.807, 2.05) is 18.2 Å². The number of halogens is 5. The monoisotopic (exact) mass is 424 g/mol. The molecule has 0 saturated heterocycles. The Kier molecular flexibility index (Phi) is 5.29. The van der Waals surface area contributed by atoms with Gasteiger partial charge in [0.25, 0.3) is 0 Å². The van der Waals surface area contributed by atoms with Crippen molar-refractivity contribution in [3.05, 3.63) is 67.9 Å². The SMILES string of the molecule is Fc1cccc(C(Br)Cc2ccc(Cl)c(Cl)c2)c1Br. The summed E-state index contributed by atoms with van der Waals surface area (Å²) < 4.78 is 14.0. The number of rotatable bonds is 3. The molecule has 0 fully saturated rings. The molecule has 2 aromatic carbocycles. The first-order chi connectivity index (χ1) is 8.99. The average molecular weight is 427 g/mol. The molecule has 0 aliphatic heterocycles. The van der Waals surface area contributed by atoms with E-state index in [4.69, 9.17) is 23.2 Å². The van der Waals surface area contributed by atoms with Gasteiger partial charge in [0.15, 0.2) is 0 Å². The van der Waals surface area contributed by atoms with Gasteiger partial charge in [0.05, 0.1) is 14.5 Å². The maximum atomic E-state index is 13.5. The van der Waals surface area contributed by atoms with Crippen LogP contribution in [0, 0.1) is 5.82 Å². The van der Waals surface area contributed by atoms with E-state index >= 15 is 0 Å². The Morgan fingerprint density at radius 3 is 2.53 bits per heavy atom. The molecular weight excluding hydrogens is 418 g/mol. The van der Waals surface area contributed by atoms with Crippen LogP contribution in [0.2, 0.25) is 10.0 Å². The molecule has 2 rings (SSSR count). The van der Waals surface area contributed by atoms with Gasteiger partial charge in [-0.2, -0.15) is 0 Å². The summed E-state index contributed by atoms with van der Waals surface area (Å²) in [4.78, 5) is -0.00480. The molecule has 0 bridgehead atoms. The van der Waals surface area contributed by atoms with E-state index in [1.165, 1.54) is 6.07 Å². The molecule has 0 saturated carbocycles. The minimum atomic E-state index is -0.268. The molecule has 0 heterocycles. The van der Waals surface area contributed by atoms with E-state index in [-0.39, 0.29) is 10.6 Å². The first kappa shape index (κ1) is 15.3. The van der Waals surface area contributed by atoms with Gasteiger partial charge < -0.3 is 0 Å². The molecule has 0 N–H and O–H groups in total. The molecule has 0 radical (unpaired) electrons. The minimum absolute atomic E-state index is 0.00480. The van der Waals surface area contributed by atoms with E-state index in [0.717, 1.165) is 11.1 Å². The quantitative estimate of drug-likeness (QED) is 0.486. The Morgan fingerprint density at radius 1 is 1.11 bits per heavy atom. The van der Waals surface area contributed by atoms with Gasteiger partial charge in [-0.1, -0.05) is 57.3 Å². The number of alkyl halides is 1. The van der Waals surface area contributed by atoms with E-state index in [0.29, 0.717) is 20.9 Å². The fourth-order valence-electron chi connectivity index (χ4n) is 1.75. The standard InChI is InChI=1S/C14H9Br2Cl2F/c15-10(9-2-1-3-13(19)14(9)16)6-8-4-5-11(17)12(18)7-8/h1-5,7,10H,6H2. The van der Waals surface area contributed by atoms with Gasteiger partial charge in [-0.15, -0.1) is 0 Å². The second kappa shape index (κ2) is 6.57. The predicted octanol–water partition coefficient (Wildman–Crippen LogP) is 6.57. The van der Waals surface area contributed by atoms with Crippen molar-refractivity contribution in [3.63, 3.8) is 0 Å². The van der Waals surface area contributed by atoms with Crippen molar-refractivity contribution >= 4 is 55.1 Å². The highest BCUT2D eigenvalue weighted by molar-refractivity contribution is 9.11. The Labute approximate surface area is 138 Å². The zero-order chi connectivity index (χ0) is 14.0. The molecule has 5 heteroatoms. The van der Waals surface area contributed by atoms with Gasteiger partial charge in [-0.25, -0.2) is 4.39 Å². The smallest absolute Gasteiger partial charge is 0.137 e. The van der Waals surface area contributed by atoms with Crippen molar-refractivity contribution in [1.29, 1.82) is 0 Å². The molecule has 19 heavy (non-hydrogen) atoms. The third-order valence-corrected chi connectivity index (χ3v) is 5.11. The normalized spacial score (nSPS) is 12.5. The lowest BCUT2D eigenvalue weighted by Gasteiger charge is -2.13. The Morgan fingerprint density at radius 2 is 1.84 bits per heavy atom. The van der Waals surface area contributed by atoms with Crippen LogP contribution in [-0.2, 0) is 6.42 Å². The lowest BCUT2D eigenvalue weighted by atomic mass is 10.0. The Hall–Kier alpha value is -0.0900. The molecule has 1 atom stereocenters.